The van der Waals surface area contributed by atoms with Crippen LogP contribution in [0.2, 0.25) is 0 Å². The third-order valence-corrected chi connectivity index (χ3v) is 6.27. The molecule has 4 rings (SSSR count). The molecule has 0 aliphatic carbocycles. The summed E-state index contributed by atoms with van der Waals surface area (Å²) < 4.78 is 0. The molecular formula is C24H32N4O2. The van der Waals surface area contributed by atoms with Crippen LogP contribution in [0.1, 0.15) is 20.3 Å². The summed E-state index contributed by atoms with van der Waals surface area (Å²) in [5.74, 6) is 1.38. The molecule has 0 saturated carbocycles. The maximum absolute atomic E-state index is 12.8. The molecular weight excluding hydrogens is 376 g/mol. The molecule has 1 N–H and O–H groups in total. The van der Waals surface area contributed by atoms with Crippen molar-refractivity contribution in [3.63, 3.8) is 0 Å². The minimum atomic E-state index is -0.0731. The first-order chi connectivity index (χ1) is 14.5. The Morgan fingerprint density at radius 1 is 0.900 bits per heavy atom. The number of nitrogens with one attached hydrogen (secondary N) is 1. The van der Waals surface area contributed by atoms with Crippen molar-refractivity contribution >= 4 is 28.4 Å². The van der Waals surface area contributed by atoms with Gasteiger partial charge in [0.1, 0.15) is 0 Å². The summed E-state index contributed by atoms with van der Waals surface area (Å²) >= 11 is 0. The standard InChI is InChI=1S/C24H32N4O2/c1-18-14-19(2)16-28(15-18)23(29)17-26-10-12-27(13-11-26)24(30)25-22-9-5-7-20-6-3-4-8-21(20)22/h3-9,18-19H,10-17H2,1-2H3,(H,25,30). The number of piperazine rings is 1. The quantitative estimate of drug-likeness (QED) is 0.846. The van der Waals surface area contributed by atoms with E-state index in [4.69, 9.17) is 0 Å². The number of rotatable bonds is 3. The first-order valence-corrected chi connectivity index (χ1v) is 11.0. The van der Waals surface area contributed by atoms with E-state index in [-0.39, 0.29) is 11.9 Å². The molecule has 2 aliphatic rings. The Labute approximate surface area is 178 Å². The highest BCUT2D eigenvalue weighted by Crippen LogP contribution is 2.24. The Morgan fingerprint density at radius 3 is 2.30 bits per heavy atom. The molecule has 0 spiro atoms. The molecule has 0 bridgehead atoms. The average molecular weight is 409 g/mol. The van der Waals surface area contributed by atoms with Crippen LogP contribution in [0.3, 0.4) is 0 Å². The third kappa shape index (κ3) is 4.75. The van der Waals surface area contributed by atoms with Gasteiger partial charge in [0.2, 0.25) is 5.91 Å². The van der Waals surface area contributed by atoms with Gasteiger partial charge in [-0.1, -0.05) is 50.2 Å². The summed E-state index contributed by atoms with van der Waals surface area (Å²) in [5, 5.41) is 5.22. The number of likely N-dealkylation sites (tertiary alicyclic amines) is 1. The van der Waals surface area contributed by atoms with E-state index in [0.717, 1.165) is 42.6 Å². The van der Waals surface area contributed by atoms with E-state index in [1.165, 1.54) is 6.42 Å². The van der Waals surface area contributed by atoms with Crippen LogP contribution in [-0.4, -0.2) is 72.5 Å². The van der Waals surface area contributed by atoms with Crippen LogP contribution in [0.25, 0.3) is 10.8 Å². The van der Waals surface area contributed by atoms with Crippen LogP contribution in [0, 0.1) is 11.8 Å². The van der Waals surface area contributed by atoms with Gasteiger partial charge in [-0.3, -0.25) is 9.69 Å². The normalized spacial score (nSPS) is 22.9. The number of urea groups is 1. The summed E-state index contributed by atoms with van der Waals surface area (Å²) in [6.45, 7) is 9.38. The number of piperidine rings is 1. The topological polar surface area (TPSA) is 55.9 Å². The van der Waals surface area contributed by atoms with Crippen molar-refractivity contribution in [1.29, 1.82) is 0 Å². The average Bonchev–Trinajstić information content (AvgIpc) is 2.74. The second-order valence-electron chi connectivity index (χ2n) is 8.96. The number of carbonyl (C=O) groups excluding carboxylic acids is 2. The molecule has 2 atom stereocenters. The monoisotopic (exact) mass is 408 g/mol. The van der Waals surface area contributed by atoms with Gasteiger partial charge in [-0.15, -0.1) is 0 Å². The number of hydrogen-bond acceptors (Lipinski definition) is 3. The van der Waals surface area contributed by atoms with Gasteiger partial charge < -0.3 is 15.1 Å². The fourth-order valence-corrected chi connectivity index (χ4v) is 4.80. The van der Waals surface area contributed by atoms with Gasteiger partial charge in [0.05, 0.1) is 12.2 Å². The number of hydrogen-bond donors (Lipinski definition) is 1. The molecule has 2 aromatic rings. The lowest BCUT2D eigenvalue weighted by Crippen LogP contribution is -2.53. The molecule has 0 radical (unpaired) electrons. The summed E-state index contributed by atoms with van der Waals surface area (Å²) in [5.41, 5.74) is 0.837. The van der Waals surface area contributed by atoms with Gasteiger partial charge >= 0.3 is 6.03 Å². The highest BCUT2D eigenvalue weighted by Gasteiger charge is 2.28. The molecule has 2 heterocycles. The lowest BCUT2D eigenvalue weighted by atomic mass is 9.92. The van der Waals surface area contributed by atoms with E-state index in [1.54, 1.807) is 0 Å². The molecule has 2 unspecified atom stereocenters. The van der Waals surface area contributed by atoms with Crippen LogP contribution >= 0.6 is 0 Å². The highest BCUT2D eigenvalue weighted by molar-refractivity contribution is 6.01. The Kier molecular flexibility index (Phi) is 6.23. The largest absolute Gasteiger partial charge is 0.341 e. The molecule has 30 heavy (non-hydrogen) atoms. The second kappa shape index (κ2) is 9.04. The third-order valence-electron chi connectivity index (χ3n) is 6.27. The lowest BCUT2D eigenvalue weighted by molar-refractivity contribution is -0.135. The van der Waals surface area contributed by atoms with Crippen LogP contribution in [0.15, 0.2) is 42.5 Å². The van der Waals surface area contributed by atoms with Crippen molar-refractivity contribution in [3.05, 3.63) is 42.5 Å². The van der Waals surface area contributed by atoms with Gasteiger partial charge in [0, 0.05) is 44.7 Å². The van der Waals surface area contributed by atoms with Gasteiger partial charge in [-0.05, 0) is 29.7 Å². The van der Waals surface area contributed by atoms with Gasteiger partial charge in [0.15, 0.2) is 0 Å². The predicted molar refractivity (Wildman–Crippen MR) is 121 cm³/mol. The number of amides is 3. The SMILES string of the molecule is CC1CC(C)CN(C(=O)CN2CCN(C(=O)Nc3cccc4ccccc34)CC2)C1. The summed E-state index contributed by atoms with van der Waals surface area (Å²) in [4.78, 5) is 31.6. The fraction of sp³-hybridized carbons (Fsp3) is 0.500. The Morgan fingerprint density at radius 2 is 1.57 bits per heavy atom. The molecule has 2 saturated heterocycles. The van der Waals surface area contributed by atoms with Gasteiger partial charge in [-0.2, -0.15) is 0 Å². The van der Waals surface area contributed by atoms with Crippen molar-refractivity contribution < 1.29 is 9.59 Å². The Balaban J connectivity index is 1.29. The zero-order valence-corrected chi connectivity index (χ0v) is 18.0. The molecule has 2 fully saturated rings. The second-order valence-corrected chi connectivity index (χ2v) is 8.96. The Bertz CT molecular complexity index is 892. The number of benzene rings is 2. The van der Waals surface area contributed by atoms with Gasteiger partial charge in [0.25, 0.3) is 0 Å². The first kappa shape index (κ1) is 20.7. The van der Waals surface area contributed by atoms with Crippen molar-refractivity contribution in [3.8, 4) is 0 Å². The Hall–Kier alpha value is -2.60. The minimum Gasteiger partial charge on any atom is -0.341 e. The van der Waals surface area contributed by atoms with Crippen LogP contribution in [0.4, 0.5) is 10.5 Å². The van der Waals surface area contributed by atoms with E-state index in [0.29, 0.717) is 31.5 Å². The maximum atomic E-state index is 12.8. The van der Waals surface area contributed by atoms with E-state index >= 15 is 0 Å². The van der Waals surface area contributed by atoms with Crippen molar-refractivity contribution in [2.24, 2.45) is 11.8 Å². The van der Waals surface area contributed by atoms with Crippen molar-refractivity contribution in [1.82, 2.24) is 14.7 Å². The van der Waals surface area contributed by atoms with E-state index in [2.05, 4.69) is 24.1 Å². The van der Waals surface area contributed by atoms with Crippen molar-refractivity contribution in [2.45, 2.75) is 20.3 Å². The van der Waals surface area contributed by atoms with Crippen LogP contribution < -0.4 is 5.32 Å². The number of nitrogens with zero attached hydrogens (tertiary/aromatic N) is 3. The molecule has 2 aliphatic heterocycles. The van der Waals surface area contributed by atoms with Crippen molar-refractivity contribution in [2.75, 3.05) is 51.1 Å². The smallest absolute Gasteiger partial charge is 0.321 e. The lowest BCUT2D eigenvalue weighted by Gasteiger charge is -2.38. The number of carbonyl (C=O) groups is 2. The highest BCUT2D eigenvalue weighted by atomic mass is 16.2. The molecule has 6 nitrogen and oxygen atoms in total. The maximum Gasteiger partial charge on any atom is 0.321 e. The molecule has 2 aromatic carbocycles. The van der Waals surface area contributed by atoms with E-state index in [1.807, 2.05) is 52.3 Å². The van der Waals surface area contributed by atoms with Crippen LogP contribution in [0.5, 0.6) is 0 Å². The predicted octanol–water partition coefficient (Wildman–Crippen LogP) is 3.49. The number of fused-ring (bicyclic) bond motifs is 1. The molecule has 0 aromatic heterocycles. The van der Waals surface area contributed by atoms with E-state index in [9.17, 15) is 9.59 Å². The number of anilines is 1. The summed E-state index contributed by atoms with van der Waals surface area (Å²) in [7, 11) is 0. The molecule has 160 valence electrons. The van der Waals surface area contributed by atoms with E-state index < -0.39 is 0 Å². The molecule has 3 amide bonds. The van der Waals surface area contributed by atoms with Crippen LogP contribution in [-0.2, 0) is 4.79 Å². The summed E-state index contributed by atoms with van der Waals surface area (Å²) in [6, 6.07) is 13.9. The van der Waals surface area contributed by atoms with Gasteiger partial charge in [-0.25, -0.2) is 4.79 Å². The fourth-order valence-electron chi connectivity index (χ4n) is 4.80. The first-order valence-electron chi connectivity index (χ1n) is 11.0. The summed E-state index contributed by atoms with van der Waals surface area (Å²) in [6.07, 6.45) is 1.20. The zero-order chi connectivity index (χ0) is 21.1. The minimum absolute atomic E-state index is 0.0731. The zero-order valence-electron chi connectivity index (χ0n) is 18.0. The molecule has 6 heteroatoms.